The fourth-order valence-electron chi connectivity index (χ4n) is 4.62. The number of fused-ring (bicyclic) bond motifs is 1. The van der Waals surface area contributed by atoms with Gasteiger partial charge in [-0.2, -0.15) is 5.10 Å². The van der Waals surface area contributed by atoms with Crippen LogP contribution in [-0.4, -0.2) is 26.6 Å². The molecule has 7 heteroatoms. The number of carbonyl (C=O) groups is 2. The molecule has 0 saturated carbocycles. The highest BCUT2D eigenvalue weighted by Gasteiger charge is 2.28. The Kier molecular flexibility index (Phi) is 6.75. The Morgan fingerprint density at radius 1 is 1.11 bits per heavy atom. The van der Waals surface area contributed by atoms with Gasteiger partial charge in [-0.3, -0.25) is 19.6 Å². The molecule has 4 aromatic rings. The summed E-state index contributed by atoms with van der Waals surface area (Å²) in [6.45, 7) is 2.70. The number of aromatic nitrogens is 2. The normalized spacial score (nSPS) is 15.3. The fourth-order valence-corrected chi connectivity index (χ4v) is 4.62. The van der Waals surface area contributed by atoms with Gasteiger partial charge in [0, 0.05) is 30.2 Å². The molecule has 2 heterocycles. The maximum absolute atomic E-state index is 13.2. The Bertz CT molecular complexity index is 1380. The zero-order chi connectivity index (χ0) is 25.1. The quantitative estimate of drug-likeness (QED) is 0.341. The lowest BCUT2D eigenvalue weighted by Crippen LogP contribution is -2.25. The van der Waals surface area contributed by atoms with Crippen molar-refractivity contribution in [3.05, 3.63) is 107 Å². The van der Waals surface area contributed by atoms with Crippen LogP contribution in [-0.2, 0) is 17.9 Å². The van der Waals surface area contributed by atoms with Gasteiger partial charge in [-0.15, -0.1) is 0 Å². The third-order valence-electron chi connectivity index (χ3n) is 6.57. The Balaban J connectivity index is 1.32. The maximum atomic E-state index is 13.2. The number of aliphatic hydroxyl groups is 1. The number of nitrogens with one attached hydrogen (secondary N) is 2. The van der Waals surface area contributed by atoms with Gasteiger partial charge in [0.15, 0.2) is 5.78 Å². The zero-order valence-corrected chi connectivity index (χ0v) is 20.0. The highest BCUT2D eigenvalue weighted by atomic mass is 16.3. The van der Waals surface area contributed by atoms with Crippen molar-refractivity contribution >= 4 is 17.4 Å². The fraction of sp³-hybridized carbons (Fsp3) is 0.207. The van der Waals surface area contributed by atoms with E-state index in [0.717, 1.165) is 27.8 Å². The molecular weight excluding hydrogens is 452 g/mol. The summed E-state index contributed by atoms with van der Waals surface area (Å²) in [7, 11) is 0. The van der Waals surface area contributed by atoms with Crippen LogP contribution in [0.5, 0.6) is 0 Å². The van der Waals surface area contributed by atoms with Crippen molar-refractivity contribution in [2.45, 2.75) is 38.6 Å². The van der Waals surface area contributed by atoms with Crippen LogP contribution in [0.1, 0.15) is 52.5 Å². The van der Waals surface area contributed by atoms with Crippen LogP contribution < -0.4 is 10.6 Å². The number of Topliss-reactive ketones (excluding diaryl/α,β-unsaturated/α-hetero) is 1. The summed E-state index contributed by atoms with van der Waals surface area (Å²) in [5.74, 6) is -0.166. The van der Waals surface area contributed by atoms with Crippen LogP contribution in [0.2, 0.25) is 0 Å². The van der Waals surface area contributed by atoms with Crippen LogP contribution in [0.3, 0.4) is 0 Å². The number of ketones is 1. The number of amides is 1. The van der Waals surface area contributed by atoms with Crippen LogP contribution in [0.25, 0.3) is 11.1 Å². The second-order valence-electron chi connectivity index (χ2n) is 8.94. The van der Waals surface area contributed by atoms with E-state index >= 15 is 0 Å². The first-order chi connectivity index (χ1) is 17.5. The first-order valence-electron chi connectivity index (χ1n) is 12.1. The van der Waals surface area contributed by atoms with E-state index in [1.54, 1.807) is 29.2 Å². The van der Waals surface area contributed by atoms with Gasteiger partial charge < -0.3 is 10.4 Å². The van der Waals surface area contributed by atoms with Crippen molar-refractivity contribution in [3.8, 4) is 11.1 Å². The third kappa shape index (κ3) is 4.84. The summed E-state index contributed by atoms with van der Waals surface area (Å²) in [6.07, 6.45) is 3.58. The monoisotopic (exact) mass is 480 g/mol. The van der Waals surface area contributed by atoms with Crippen LogP contribution in [0.15, 0.2) is 85.2 Å². The first-order valence-corrected chi connectivity index (χ1v) is 12.1. The van der Waals surface area contributed by atoms with E-state index in [-0.39, 0.29) is 24.3 Å². The van der Waals surface area contributed by atoms with Crippen molar-refractivity contribution in [3.63, 3.8) is 0 Å². The van der Waals surface area contributed by atoms with E-state index in [1.165, 1.54) is 0 Å². The number of anilines is 1. The Labute approximate surface area is 209 Å². The van der Waals surface area contributed by atoms with E-state index < -0.39 is 6.10 Å². The lowest BCUT2D eigenvalue weighted by molar-refractivity contribution is -0.121. The van der Waals surface area contributed by atoms with Gasteiger partial charge in [0.25, 0.3) is 5.91 Å². The topological polar surface area (TPSA) is 96.3 Å². The summed E-state index contributed by atoms with van der Waals surface area (Å²) >= 11 is 0. The van der Waals surface area contributed by atoms with E-state index in [2.05, 4.69) is 15.7 Å². The minimum Gasteiger partial charge on any atom is -0.388 e. The highest BCUT2D eigenvalue weighted by molar-refractivity contribution is 6.08. The molecule has 2 unspecified atom stereocenters. The van der Waals surface area contributed by atoms with Crippen molar-refractivity contribution in [1.82, 2.24) is 15.1 Å². The molecule has 0 aliphatic carbocycles. The van der Waals surface area contributed by atoms with Crippen LogP contribution >= 0.6 is 0 Å². The second-order valence-corrected chi connectivity index (χ2v) is 8.94. The van der Waals surface area contributed by atoms with Gasteiger partial charge in [-0.25, -0.2) is 0 Å². The van der Waals surface area contributed by atoms with Gasteiger partial charge in [-0.1, -0.05) is 55.5 Å². The third-order valence-corrected chi connectivity index (χ3v) is 6.57. The molecular formula is C29H28N4O3. The number of rotatable bonds is 8. The van der Waals surface area contributed by atoms with Crippen LogP contribution in [0.4, 0.5) is 5.69 Å². The van der Waals surface area contributed by atoms with Crippen molar-refractivity contribution in [1.29, 1.82) is 0 Å². The summed E-state index contributed by atoms with van der Waals surface area (Å²) in [5.41, 5.74) is 5.74. The average Bonchev–Trinajstić information content (AvgIpc) is 3.58. The number of benzene rings is 3. The molecule has 3 aromatic carbocycles. The van der Waals surface area contributed by atoms with Gasteiger partial charge >= 0.3 is 0 Å². The molecule has 2 atom stereocenters. The molecule has 1 aliphatic heterocycles. The largest absolute Gasteiger partial charge is 0.388 e. The molecule has 0 saturated heterocycles. The summed E-state index contributed by atoms with van der Waals surface area (Å²) in [4.78, 5) is 26.0. The number of hydrogen-bond acceptors (Lipinski definition) is 5. The molecule has 0 bridgehead atoms. The van der Waals surface area contributed by atoms with Crippen molar-refractivity contribution in [2.24, 2.45) is 0 Å². The molecule has 1 amide bonds. The summed E-state index contributed by atoms with van der Waals surface area (Å²) < 4.78 is 1.62. The minimum atomic E-state index is -0.493. The Hall–Kier alpha value is -4.07. The molecule has 0 fully saturated rings. The van der Waals surface area contributed by atoms with E-state index in [9.17, 15) is 14.7 Å². The number of carbonyl (C=O) groups excluding carboxylic acids is 2. The molecule has 182 valence electrons. The van der Waals surface area contributed by atoms with Gasteiger partial charge in [0.05, 0.1) is 12.1 Å². The Morgan fingerprint density at radius 3 is 2.67 bits per heavy atom. The SMILES string of the molecule is CCC(O)c1ccc(-c2ccccc2C(=O)Nc2ccc3c(c2)CNC3C(=O)Cn2cccn2)cc1. The minimum absolute atomic E-state index is 0.0423. The number of nitrogens with zero attached hydrogens (tertiary/aromatic N) is 2. The van der Waals surface area contributed by atoms with E-state index in [1.807, 2.05) is 67.6 Å². The van der Waals surface area contributed by atoms with Crippen molar-refractivity contribution in [2.75, 3.05) is 5.32 Å². The predicted molar refractivity (Wildman–Crippen MR) is 138 cm³/mol. The predicted octanol–water partition coefficient (Wildman–Crippen LogP) is 4.66. The summed E-state index contributed by atoms with van der Waals surface area (Å²) in [5, 5.41) is 20.5. The molecule has 1 aliphatic rings. The molecule has 3 N–H and O–H groups in total. The highest BCUT2D eigenvalue weighted by Crippen LogP contribution is 2.30. The van der Waals surface area contributed by atoms with Gasteiger partial charge in [0.2, 0.25) is 0 Å². The molecule has 0 spiro atoms. The number of hydrogen-bond donors (Lipinski definition) is 3. The van der Waals surface area contributed by atoms with Crippen molar-refractivity contribution < 1.29 is 14.7 Å². The molecule has 5 rings (SSSR count). The molecule has 1 aromatic heterocycles. The second kappa shape index (κ2) is 10.3. The zero-order valence-electron chi connectivity index (χ0n) is 20.0. The Morgan fingerprint density at radius 2 is 1.92 bits per heavy atom. The van der Waals surface area contributed by atoms with Gasteiger partial charge in [0.1, 0.15) is 6.54 Å². The van der Waals surface area contributed by atoms with Gasteiger partial charge in [-0.05, 0) is 58.5 Å². The van der Waals surface area contributed by atoms with Crippen LogP contribution in [0, 0.1) is 0 Å². The first kappa shape index (κ1) is 23.7. The lowest BCUT2D eigenvalue weighted by atomic mass is 9.96. The molecule has 36 heavy (non-hydrogen) atoms. The number of aliphatic hydroxyl groups excluding tert-OH is 1. The average molecular weight is 481 g/mol. The molecule has 7 nitrogen and oxygen atoms in total. The lowest BCUT2D eigenvalue weighted by Gasteiger charge is -2.14. The summed E-state index contributed by atoms with van der Waals surface area (Å²) in [6, 6.07) is 22.2. The van der Waals surface area contributed by atoms with E-state index in [0.29, 0.717) is 24.2 Å². The van der Waals surface area contributed by atoms with E-state index in [4.69, 9.17) is 0 Å². The maximum Gasteiger partial charge on any atom is 0.256 e. The smallest absolute Gasteiger partial charge is 0.256 e. The molecule has 0 radical (unpaired) electrons. The standard InChI is InChI=1S/C29H28N4O3/c1-2-26(34)20-10-8-19(9-11-20)23-6-3-4-7-25(23)29(36)32-22-12-13-24-21(16-22)17-30-28(24)27(35)18-33-15-5-14-31-33/h3-16,26,28,30,34H,2,17-18H2,1H3,(H,32,36).